The lowest BCUT2D eigenvalue weighted by Gasteiger charge is -2.42. The van der Waals surface area contributed by atoms with Crippen molar-refractivity contribution < 1.29 is 8.78 Å². The summed E-state index contributed by atoms with van der Waals surface area (Å²) in [6.45, 7) is 1.32. The standard InChI is InChI=1S/C15H14F2N2/c16-12-6-7-13(18)15(14(12)17)19-8-11(9-19)10-4-2-1-3-5-10/h1-7,11H,8-9,18H2. The van der Waals surface area contributed by atoms with E-state index in [0.717, 1.165) is 6.07 Å². The van der Waals surface area contributed by atoms with Crippen molar-refractivity contribution in [3.05, 3.63) is 59.7 Å². The maximum Gasteiger partial charge on any atom is 0.184 e. The van der Waals surface area contributed by atoms with Gasteiger partial charge < -0.3 is 10.6 Å². The zero-order valence-electron chi connectivity index (χ0n) is 10.3. The number of halogens is 2. The van der Waals surface area contributed by atoms with Crippen LogP contribution in [0.15, 0.2) is 42.5 Å². The molecule has 1 saturated heterocycles. The fraction of sp³-hybridized carbons (Fsp3) is 0.200. The van der Waals surface area contributed by atoms with Crippen molar-refractivity contribution in [3.8, 4) is 0 Å². The molecule has 0 aliphatic carbocycles. The van der Waals surface area contributed by atoms with E-state index in [1.54, 1.807) is 4.90 Å². The Labute approximate surface area is 110 Å². The molecular formula is C15H14F2N2. The Morgan fingerprint density at radius 3 is 2.37 bits per heavy atom. The lowest BCUT2D eigenvalue weighted by Crippen LogP contribution is -2.45. The summed E-state index contributed by atoms with van der Waals surface area (Å²) >= 11 is 0. The molecule has 0 aromatic heterocycles. The monoisotopic (exact) mass is 260 g/mol. The largest absolute Gasteiger partial charge is 0.397 e. The van der Waals surface area contributed by atoms with Gasteiger partial charge in [0.25, 0.3) is 0 Å². The van der Waals surface area contributed by atoms with Crippen LogP contribution in [0.4, 0.5) is 20.2 Å². The lowest BCUT2D eigenvalue weighted by atomic mass is 9.91. The number of rotatable bonds is 2. The van der Waals surface area contributed by atoms with Crippen molar-refractivity contribution in [1.29, 1.82) is 0 Å². The van der Waals surface area contributed by atoms with Crippen LogP contribution in [0, 0.1) is 11.6 Å². The summed E-state index contributed by atoms with van der Waals surface area (Å²) in [6.07, 6.45) is 0. The van der Waals surface area contributed by atoms with Crippen molar-refractivity contribution in [3.63, 3.8) is 0 Å². The Bertz CT molecular complexity index is 593. The van der Waals surface area contributed by atoms with Gasteiger partial charge in [0.1, 0.15) is 0 Å². The van der Waals surface area contributed by atoms with Crippen LogP contribution < -0.4 is 10.6 Å². The summed E-state index contributed by atoms with van der Waals surface area (Å²) in [5, 5.41) is 0. The highest BCUT2D eigenvalue weighted by atomic mass is 19.2. The SMILES string of the molecule is Nc1ccc(F)c(F)c1N1CC(c2ccccc2)C1. The molecule has 0 radical (unpaired) electrons. The molecule has 98 valence electrons. The average molecular weight is 260 g/mol. The lowest BCUT2D eigenvalue weighted by molar-refractivity contribution is 0.479. The van der Waals surface area contributed by atoms with E-state index in [9.17, 15) is 8.78 Å². The molecule has 2 nitrogen and oxygen atoms in total. The van der Waals surface area contributed by atoms with Crippen molar-refractivity contribution in [2.75, 3.05) is 23.7 Å². The van der Waals surface area contributed by atoms with Gasteiger partial charge in [0.2, 0.25) is 0 Å². The number of nitrogens with zero attached hydrogens (tertiary/aromatic N) is 1. The van der Waals surface area contributed by atoms with Crippen LogP contribution in [-0.4, -0.2) is 13.1 Å². The second kappa shape index (κ2) is 4.53. The van der Waals surface area contributed by atoms with Gasteiger partial charge in [0.05, 0.1) is 11.4 Å². The summed E-state index contributed by atoms with van der Waals surface area (Å²) in [5.74, 6) is -1.36. The van der Waals surface area contributed by atoms with Gasteiger partial charge in [-0.25, -0.2) is 8.78 Å². The topological polar surface area (TPSA) is 29.3 Å². The van der Waals surface area contributed by atoms with E-state index in [-0.39, 0.29) is 11.4 Å². The molecule has 4 heteroatoms. The summed E-state index contributed by atoms with van der Waals surface area (Å²) < 4.78 is 27.0. The molecule has 3 rings (SSSR count). The Hall–Kier alpha value is -2.10. The highest BCUT2D eigenvalue weighted by Crippen LogP contribution is 2.37. The molecule has 0 atom stereocenters. The quantitative estimate of drug-likeness (QED) is 0.840. The predicted molar refractivity (Wildman–Crippen MR) is 72.2 cm³/mol. The van der Waals surface area contributed by atoms with Crippen LogP contribution in [0.5, 0.6) is 0 Å². The van der Waals surface area contributed by atoms with Gasteiger partial charge in [-0.2, -0.15) is 0 Å². The average Bonchev–Trinajstić information content (AvgIpc) is 2.38. The van der Waals surface area contributed by atoms with Gasteiger partial charge >= 0.3 is 0 Å². The first-order valence-corrected chi connectivity index (χ1v) is 6.20. The number of benzene rings is 2. The minimum Gasteiger partial charge on any atom is -0.397 e. The predicted octanol–water partition coefficient (Wildman–Crippen LogP) is 3.15. The van der Waals surface area contributed by atoms with E-state index >= 15 is 0 Å². The van der Waals surface area contributed by atoms with Crippen molar-refractivity contribution in [2.24, 2.45) is 0 Å². The van der Waals surface area contributed by atoms with Gasteiger partial charge in [-0.05, 0) is 17.7 Å². The van der Waals surface area contributed by atoms with Gasteiger partial charge in [0.15, 0.2) is 11.6 Å². The van der Waals surface area contributed by atoms with Crippen LogP contribution in [0.1, 0.15) is 11.5 Å². The van der Waals surface area contributed by atoms with E-state index < -0.39 is 11.6 Å². The molecule has 2 aromatic rings. The Morgan fingerprint density at radius 2 is 1.68 bits per heavy atom. The molecule has 0 saturated carbocycles. The maximum absolute atomic E-state index is 13.8. The van der Waals surface area contributed by atoms with Crippen LogP contribution in [-0.2, 0) is 0 Å². The smallest absolute Gasteiger partial charge is 0.184 e. The second-order valence-corrected chi connectivity index (χ2v) is 4.81. The number of hydrogen-bond acceptors (Lipinski definition) is 2. The molecule has 2 aromatic carbocycles. The van der Waals surface area contributed by atoms with E-state index in [0.29, 0.717) is 19.0 Å². The number of nitrogens with two attached hydrogens (primary N) is 1. The number of hydrogen-bond donors (Lipinski definition) is 1. The summed E-state index contributed by atoms with van der Waals surface area (Å²) in [6, 6.07) is 12.5. The Morgan fingerprint density at radius 1 is 1.00 bits per heavy atom. The van der Waals surface area contributed by atoms with E-state index in [1.165, 1.54) is 11.6 Å². The van der Waals surface area contributed by atoms with Gasteiger partial charge in [-0.1, -0.05) is 30.3 Å². The molecule has 2 N–H and O–H groups in total. The normalized spacial score (nSPS) is 15.4. The molecule has 1 aliphatic rings. The van der Waals surface area contributed by atoms with E-state index in [4.69, 9.17) is 5.73 Å². The van der Waals surface area contributed by atoms with Crippen molar-refractivity contribution in [2.45, 2.75) is 5.92 Å². The summed E-state index contributed by atoms with van der Waals surface area (Å²) in [5.41, 5.74) is 7.42. The third-order valence-electron chi connectivity index (χ3n) is 3.57. The molecule has 0 spiro atoms. The number of anilines is 2. The first-order chi connectivity index (χ1) is 9.16. The third-order valence-corrected chi connectivity index (χ3v) is 3.57. The summed E-state index contributed by atoms with van der Waals surface area (Å²) in [4.78, 5) is 1.78. The van der Waals surface area contributed by atoms with Crippen LogP contribution >= 0.6 is 0 Å². The first kappa shape index (κ1) is 12.0. The zero-order chi connectivity index (χ0) is 13.4. The van der Waals surface area contributed by atoms with E-state index in [2.05, 4.69) is 0 Å². The minimum absolute atomic E-state index is 0.187. The highest BCUT2D eigenvalue weighted by molar-refractivity contribution is 5.70. The molecule has 1 aliphatic heterocycles. The minimum atomic E-state index is -0.855. The molecular weight excluding hydrogens is 246 g/mol. The van der Waals surface area contributed by atoms with Gasteiger partial charge in [0, 0.05) is 19.0 Å². The number of nitrogen functional groups attached to an aromatic ring is 1. The van der Waals surface area contributed by atoms with Gasteiger partial charge in [-0.3, -0.25) is 0 Å². The second-order valence-electron chi connectivity index (χ2n) is 4.81. The van der Waals surface area contributed by atoms with Gasteiger partial charge in [-0.15, -0.1) is 0 Å². The molecule has 0 unspecified atom stereocenters. The fourth-order valence-corrected chi connectivity index (χ4v) is 2.47. The van der Waals surface area contributed by atoms with Crippen LogP contribution in [0.3, 0.4) is 0 Å². The fourth-order valence-electron chi connectivity index (χ4n) is 2.47. The summed E-state index contributed by atoms with van der Waals surface area (Å²) in [7, 11) is 0. The Kier molecular flexibility index (Phi) is 2.85. The van der Waals surface area contributed by atoms with Crippen LogP contribution in [0.25, 0.3) is 0 Å². The maximum atomic E-state index is 13.8. The Balaban J connectivity index is 1.80. The first-order valence-electron chi connectivity index (χ1n) is 6.20. The van der Waals surface area contributed by atoms with Crippen molar-refractivity contribution in [1.82, 2.24) is 0 Å². The molecule has 0 amide bonds. The van der Waals surface area contributed by atoms with E-state index in [1.807, 2.05) is 30.3 Å². The molecule has 1 fully saturated rings. The zero-order valence-corrected chi connectivity index (χ0v) is 10.3. The van der Waals surface area contributed by atoms with Crippen LogP contribution in [0.2, 0.25) is 0 Å². The molecule has 19 heavy (non-hydrogen) atoms. The highest BCUT2D eigenvalue weighted by Gasteiger charge is 2.31. The third kappa shape index (κ3) is 2.03. The molecule has 0 bridgehead atoms. The van der Waals surface area contributed by atoms with Crippen molar-refractivity contribution >= 4 is 11.4 Å². The molecule has 1 heterocycles.